The smallest absolute Gasteiger partial charge is 0.120 e. The molecule has 0 bridgehead atoms. The van der Waals surface area contributed by atoms with Crippen LogP contribution in [-0.2, 0) is 0 Å². The standard InChI is InChI=1S/C13H19ClN2O.ClH/c14-11-3-1-5-13(9-11)17-8-7-16-6-2-4-12(15)10-16;/h1,3,5,9,12H,2,4,6-8,10,15H2;1H. The Kier molecular flexibility index (Phi) is 6.79. The molecule has 0 saturated carbocycles. The van der Waals surface area contributed by atoms with E-state index < -0.39 is 0 Å². The second kappa shape index (κ2) is 7.85. The van der Waals surface area contributed by atoms with Gasteiger partial charge >= 0.3 is 0 Å². The highest BCUT2D eigenvalue weighted by atomic mass is 35.5. The first-order chi connectivity index (χ1) is 8.24. The zero-order valence-corrected chi connectivity index (χ0v) is 11.9. The van der Waals surface area contributed by atoms with Gasteiger partial charge in [0, 0.05) is 24.2 Å². The monoisotopic (exact) mass is 290 g/mol. The van der Waals surface area contributed by atoms with Crippen LogP contribution >= 0.6 is 24.0 Å². The minimum atomic E-state index is 0. The van der Waals surface area contributed by atoms with Gasteiger partial charge < -0.3 is 10.5 Å². The van der Waals surface area contributed by atoms with Gasteiger partial charge in [-0.2, -0.15) is 0 Å². The Hall–Kier alpha value is -0.480. The molecule has 0 spiro atoms. The summed E-state index contributed by atoms with van der Waals surface area (Å²) in [6.45, 7) is 3.73. The number of rotatable bonds is 4. The molecule has 18 heavy (non-hydrogen) atoms. The molecule has 0 aromatic heterocycles. The molecular formula is C13H20Cl2N2O. The fraction of sp³-hybridized carbons (Fsp3) is 0.538. The fourth-order valence-electron chi connectivity index (χ4n) is 2.14. The quantitative estimate of drug-likeness (QED) is 0.926. The molecular weight excluding hydrogens is 271 g/mol. The largest absolute Gasteiger partial charge is 0.492 e. The van der Waals surface area contributed by atoms with Crippen LogP contribution in [0, 0.1) is 0 Å². The van der Waals surface area contributed by atoms with Crippen LogP contribution in [0.1, 0.15) is 12.8 Å². The number of likely N-dealkylation sites (tertiary alicyclic amines) is 1. The van der Waals surface area contributed by atoms with Crippen LogP contribution in [0.3, 0.4) is 0 Å². The Morgan fingerprint density at radius 1 is 1.44 bits per heavy atom. The number of hydrogen-bond acceptors (Lipinski definition) is 3. The maximum atomic E-state index is 5.93. The summed E-state index contributed by atoms with van der Waals surface area (Å²) in [4.78, 5) is 2.36. The van der Waals surface area contributed by atoms with Gasteiger partial charge in [0.25, 0.3) is 0 Å². The van der Waals surface area contributed by atoms with E-state index in [1.165, 1.54) is 6.42 Å². The average Bonchev–Trinajstić information content (AvgIpc) is 2.29. The number of halogens is 2. The summed E-state index contributed by atoms with van der Waals surface area (Å²) in [6.07, 6.45) is 2.34. The molecule has 1 aliphatic heterocycles. The third-order valence-corrected chi connectivity index (χ3v) is 3.25. The lowest BCUT2D eigenvalue weighted by Gasteiger charge is -2.30. The number of benzene rings is 1. The van der Waals surface area contributed by atoms with E-state index in [9.17, 15) is 0 Å². The van der Waals surface area contributed by atoms with Gasteiger partial charge in [0.05, 0.1) is 0 Å². The highest BCUT2D eigenvalue weighted by Gasteiger charge is 2.15. The summed E-state index contributed by atoms with van der Waals surface area (Å²) in [7, 11) is 0. The van der Waals surface area contributed by atoms with Gasteiger partial charge in [0.1, 0.15) is 12.4 Å². The first-order valence-electron chi connectivity index (χ1n) is 6.10. The molecule has 3 nitrogen and oxygen atoms in total. The molecule has 1 aliphatic rings. The van der Waals surface area contributed by atoms with E-state index in [0.717, 1.165) is 31.8 Å². The molecule has 1 aromatic rings. The van der Waals surface area contributed by atoms with Crippen LogP contribution in [0.15, 0.2) is 24.3 Å². The molecule has 1 unspecified atom stereocenters. The van der Waals surface area contributed by atoms with Crippen molar-refractivity contribution in [3.63, 3.8) is 0 Å². The summed E-state index contributed by atoms with van der Waals surface area (Å²) >= 11 is 5.88. The van der Waals surface area contributed by atoms with Crippen molar-refractivity contribution in [3.8, 4) is 5.75 Å². The number of piperidine rings is 1. The van der Waals surface area contributed by atoms with E-state index in [1.54, 1.807) is 0 Å². The van der Waals surface area contributed by atoms with E-state index in [0.29, 0.717) is 17.7 Å². The van der Waals surface area contributed by atoms with Gasteiger partial charge in [-0.15, -0.1) is 12.4 Å². The first-order valence-corrected chi connectivity index (χ1v) is 6.48. The van der Waals surface area contributed by atoms with Gasteiger partial charge in [-0.05, 0) is 37.6 Å². The highest BCUT2D eigenvalue weighted by molar-refractivity contribution is 6.30. The lowest BCUT2D eigenvalue weighted by molar-refractivity contribution is 0.171. The van der Waals surface area contributed by atoms with E-state index in [4.69, 9.17) is 22.1 Å². The Bertz CT molecular complexity index is 363. The molecule has 1 aromatic carbocycles. The Balaban J connectivity index is 0.00000162. The zero-order chi connectivity index (χ0) is 12.1. The number of nitrogens with two attached hydrogens (primary N) is 1. The topological polar surface area (TPSA) is 38.5 Å². The summed E-state index contributed by atoms with van der Waals surface area (Å²) in [5.74, 6) is 0.832. The minimum absolute atomic E-state index is 0. The van der Waals surface area contributed by atoms with E-state index >= 15 is 0 Å². The number of nitrogens with zero attached hydrogens (tertiary/aromatic N) is 1. The Morgan fingerprint density at radius 3 is 3.00 bits per heavy atom. The molecule has 1 heterocycles. The molecule has 0 amide bonds. The third kappa shape index (κ3) is 5.02. The summed E-state index contributed by atoms with van der Waals surface area (Å²) in [6, 6.07) is 7.83. The highest BCUT2D eigenvalue weighted by Crippen LogP contribution is 2.17. The molecule has 0 aliphatic carbocycles. The third-order valence-electron chi connectivity index (χ3n) is 3.01. The van der Waals surface area contributed by atoms with Crippen molar-refractivity contribution < 1.29 is 4.74 Å². The normalized spacial score (nSPS) is 20.2. The van der Waals surface area contributed by atoms with Crippen molar-refractivity contribution in [1.29, 1.82) is 0 Å². The SMILES string of the molecule is Cl.NC1CCCN(CCOc2cccc(Cl)c2)C1. The molecule has 2 rings (SSSR count). The van der Waals surface area contributed by atoms with Crippen molar-refractivity contribution in [2.75, 3.05) is 26.2 Å². The second-order valence-corrected chi connectivity index (χ2v) is 4.95. The average molecular weight is 291 g/mol. The minimum Gasteiger partial charge on any atom is -0.492 e. The summed E-state index contributed by atoms with van der Waals surface area (Å²) in [5, 5.41) is 0.711. The van der Waals surface area contributed by atoms with Crippen LogP contribution in [0.25, 0.3) is 0 Å². The molecule has 1 atom stereocenters. The van der Waals surface area contributed by atoms with Gasteiger partial charge in [-0.25, -0.2) is 0 Å². The van der Waals surface area contributed by atoms with Gasteiger partial charge in [-0.3, -0.25) is 4.90 Å². The zero-order valence-electron chi connectivity index (χ0n) is 10.3. The van der Waals surface area contributed by atoms with Crippen molar-refractivity contribution in [1.82, 2.24) is 4.90 Å². The van der Waals surface area contributed by atoms with Gasteiger partial charge in [0.2, 0.25) is 0 Å². The van der Waals surface area contributed by atoms with Crippen molar-refractivity contribution >= 4 is 24.0 Å². The van der Waals surface area contributed by atoms with Gasteiger partial charge in [-0.1, -0.05) is 17.7 Å². The van der Waals surface area contributed by atoms with Crippen LogP contribution in [0.4, 0.5) is 0 Å². The maximum absolute atomic E-state index is 5.93. The molecule has 2 N–H and O–H groups in total. The molecule has 0 radical (unpaired) electrons. The second-order valence-electron chi connectivity index (χ2n) is 4.51. The van der Waals surface area contributed by atoms with Crippen LogP contribution in [-0.4, -0.2) is 37.2 Å². The Morgan fingerprint density at radius 2 is 2.28 bits per heavy atom. The number of ether oxygens (including phenoxy) is 1. The summed E-state index contributed by atoms with van der Waals surface area (Å²) < 4.78 is 5.66. The molecule has 102 valence electrons. The Labute approximate surface area is 120 Å². The van der Waals surface area contributed by atoms with Crippen LogP contribution in [0.2, 0.25) is 5.02 Å². The van der Waals surface area contributed by atoms with E-state index in [-0.39, 0.29) is 12.4 Å². The lowest BCUT2D eigenvalue weighted by Crippen LogP contribution is -2.44. The van der Waals surface area contributed by atoms with Crippen LogP contribution in [0.5, 0.6) is 5.75 Å². The molecule has 5 heteroatoms. The van der Waals surface area contributed by atoms with Gasteiger partial charge in [0.15, 0.2) is 0 Å². The first kappa shape index (κ1) is 15.6. The van der Waals surface area contributed by atoms with Crippen molar-refractivity contribution in [2.45, 2.75) is 18.9 Å². The van der Waals surface area contributed by atoms with Crippen molar-refractivity contribution in [2.24, 2.45) is 5.73 Å². The lowest BCUT2D eigenvalue weighted by atomic mass is 10.1. The maximum Gasteiger partial charge on any atom is 0.120 e. The van der Waals surface area contributed by atoms with E-state index in [1.807, 2.05) is 24.3 Å². The number of hydrogen-bond donors (Lipinski definition) is 1. The predicted octanol–water partition coefficient (Wildman–Crippen LogP) is 2.56. The van der Waals surface area contributed by atoms with Crippen LogP contribution < -0.4 is 10.5 Å². The molecule has 1 saturated heterocycles. The van der Waals surface area contributed by atoms with E-state index in [2.05, 4.69) is 4.90 Å². The fourth-order valence-corrected chi connectivity index (χ4v) is 2.32. The summed E-state index contributed by atoms with van der Waals surface area (Å²) in [5.41, 5.74) is 5.93. The van der Waals surface area contributed by atoms with Crippen molar-refractivity contribution in [3.05, 3.63) is 29.3 Å². The molecule has 1 fully saturated rings. The predicted molar refractivity (Wildman–Crippen MR) is 77.8 cm³/mol.